The summed E-state index contributed by atoms with van der Waals surface area (Å²) in [6.07, 6.45) is 0.633. The monoisotopic (exact) mass is 363 g/mol. The zero-order valence-corrected chi connectivity index (χ0v) is 15.6. The lowest BCUT2D eigenvalue weighted by atomic mass is 10.1. The average Bonchev–Trinajstić information content (AvgIpc) is 3.20. The number of methoxy groups -OCH3 is 2. The van der Waals surface area contributed by atoms with Crippen molar-refractivity contribution < 1.29 is 14.3 Å². The maximum atomic E-state index is 12.7. The highest BCUT2D eigenvalue weighted by Crippen LogP contribution is 2.35. The number of fused-ring (bicyclic) bond motifs is 1. The molecule has 2 N–H and O–H groups in total. The van der Waals surface area contributed by atoms with Crippen LogP contribution in [-0.2, 0) is 11.2 Å². The predicted octanol–water partition coefficient (Wildman–Crippen LogP) is 3.30. The van der Waals surface area contributed by atoms with Crippen molar-refractivity contribution in [3.8, 4) is 11.5 Å². The third-order valence-corrected chi connectivity index (χ3v) is 4.96. The third kappa shape index (κ3) is 2.93. The van der Waals surface area contributed by atoms with E-state index in [1.54, 1.807) is 37.3 Å². The molecule has 2 aromatic carbocycles. The molecule has 6 nitrogen and oxygen atoms in total. The van der Waals surface area contributed by atoms with Gasteiger partial charge in [0, 0.05) is 36.0 Å². The van der Waals surface area contributed by atoms with Crippen molar-refractivity contribution in [3.63, 3.8) is 0 Å². The Hall–Kier alpha value is -3.28. The Labute approximate surface area is 157 Å². The highest BCUT2D eigenvalue weighted by Gasteiger charge is 2.36. The molecule has 1 saturated heterocycles. The molecule has 0 atom stereocenters. The molecule has 2 heterocycles. The Kier molecular flexibility index (Phi) is 4.11. The molecule has 2 aromatic rings. The number of rotatable bonds is 3. The van der Waals surface area contributed by atoms with Crippen molar-refractivity contribution in [2.45, 2.75) is 13.3 Å². The number of anilines is 2. The number of carbonyl (C=O) groups excluding carboxylic acids is 1. The second-order valence-corrected chi connectivity index (χ2v) is 6.74. The van der Waals surface area contributed by atoms with E-state index >= 15 is 0 Å². The van der Waals surface area contributed by atoms with E-state index in [1.165, 1.54) is 0 Å². The first-order valence-electron chi connectivity index (χ1n) is 8.72. The first kappa shape index (κ1) is 17.1. The van der Waals surface area contributed by atoms with Gasteiger partial charge in [-0.15, -0.1) is 0 Å². The minimum atomic E-state index is -0.0613. The Morgan fingerprint density at radius 1 is 1.07 bits per heavy atom. The van der Waals surface area contributed by atoms with Crippen LogP contribution in [-0.4, -0.2) is 32.4 Å². The van der Waals surface area contributed by atoms with Crippen molar-refractivity contribution in [2.75, 3.05) is 31.0 Å². The minimum absolute atomic E-state index is 0.0613. The fourth-order valence-corrected chi connectivity index (χ4v) is 3.56. The fourth-order valence-electron chi connectivity index (χ4n) is 3.56. The van der Waals surface area contributed by atoms with Crippen LogP contribution in [0.3, 0.4) is 0 Å². The molecule has 0 saturated carbocycles. The summed E-state index contributed by atoms with van der Waals surface area (Å²) in [5, 5.41) is 12.0. The van der Waals surface area contributed by atoms with Crippen LogP contribution < -0.4 is 19.7 Å². The average molecular weight is 363 g/mol. The number of hydrogen-bond acceptors (Lipinski definition) is 5. The van der Waals surface area contributed by atoms with Crippen LogP contribution in [0.15, 0.2) is 47.7 Å². The van der Waals surface area contributed by atoms with Gasteiger partial charge >= 0.3 is 0 Å². The maximum Gasteiger partial charge on any atom is 0.188 e. The van der Waals surface area contributed by atoms with Crippen LogP contribution in [0.2, 0.25) is 0 Å². The first-order chi connectivity index (χ1) is 13.0. The van der Waals surface area contributed by atoms with Gasteiger partial charge in [0.1, 0.15) is 17.3 Å². The van der Waals surface area contributed by atoms with Crippen LogP contribution in [0.25, 0.3) is 0 Å². The third-order valence-electron chi connectivity index (χ3n) is 4.96. The number of ether oxygens (including phenoxy) is 2. The molecule has 0 unspecified atom stereocenters. The molecule has 6 heteroatoms. The summed E-state index contributed by atoms with van der Waals surface area (Å²) in [6.45, 7) is 2.17. The number of benzene rings is 2. The lowest BCUT2D eigenvalue weighted by molar-refractivity contribution is -0.113. The zero-order valence-electron chi connectivity index (χ0n) is 15.6. The smallest absolute Gasteiger partial charge is 0.188 e. The van der Waals surface area contributed by atoms with Gasteiger partial charge in [-0.2, -0.15) is 0 Å². The molecule has 0 spiro atoms. The number of hydrogen-bond donors (Lipinski definition) is 2. The highest BCUT2D eigenvalue weighted by molar-refractivity contribution is 6.33. The summed E-state index contributed by atoms with van der Waals surface area (Å²) in [6, 6.07) is 11.6. The predicted molar refractivity (Wildman–Crippen MR) is 105 cm³/mol. The van der Waals surface area contributed by atoms with Crippen molar-refractivity contribution in [1.29, 1.82) is 5.41 Å². The Bertz CT molecular complexity index is 972. The molecule has 0 aromatic heterocycles. The normalized spacial score (nSPS) is 18.6. The first-order valence-corrected chi connectivity index (χ1v) is 8.72. The van der Waals surface area contributed by atoms with Crippen molar-refractivity contribution in [2.24, 2.45) is 0 Å². The van der Waals surface area contributed by atoms with Crippen LogP contribution in [0, 0.1) is 12.3 Å². The molecule has 1 fully saturated rings. The quantitative estimate of drug-likeness (QED) is 0.819. The van der Waals surface area contributed by atoms with Crippen LogP contribution in [0.1, 0.15) is 11.1 Å². The molecule has 0 amide bonds. The number of carbonyl (C=O) groups is 1. The minimum Gasteiger partial charge on any atom is -0.497 e. The van der Waals surface area contributed by atoms with Gasteiger partial charge in [0.15, 0.2) is 5.78 Å². The summed E-state index contributed by atoms with van der Waals surface area (Å²) in [4.78, 5) is 14.4. The molecule has 2 aliphatic heterocycles. The van der Waals surface area contributed by atoms with Crippen LogP contribution >= 0.6 is 0 Å². The molecule has 0 radical (unpaired) electrons. The SMILES string of the molecule is COc1cc(OC)cc(N2CC(=O)C(=C3Cc4ccc(C)cc4N3)C2=N)c1. The summed E-state index contributed by atoms with van der Waals surface area (Å²) in [7, 11) is 3.15. The Morgan fingerprint density at radius 2 is 1.78 bits per heavy atom. The number of ketones is 1. The van der Waals surface area contributed by atoms with Gasteiger partial charge in [0.05, 0.1) is 32.0 Å². The molecule has 27 heavy (non-hydrogen) atoms. The largest absolute Gasteiger partial charge is 0.497 e. The van der Waals surface area contributed by atoms with E-state index in [-0.39, 0.29) is 18.2 Å². The summed E-state index contributed by atoms with van der Waals surface area (Å²) in [5.41, 5.74) is 5.26. The van der Waals surface area contributed by atoms with Gasteiger partial charge in [-0.25, -0.2) is 0 Å². The van der Waals surface area contributed by atoms with Crippen molar-refractivity contribution >= 4 is 23.0 Å². The van der Waals surface area contributed by atoms with Gasteiger partial charge < -0.3 is 19.7 Å². The molecule has 0 aliphatic carbocycles. The highest BCUT2D eigenvalue weighted by atomic mass is 16.5. The molecule has 2 aliphatic rings. The molecular weight excluding hydrogens is 342 g/mol. The van der Waals surface area contributed by atoms with Gasteiger partial charge in [-0.1, -0.05) is 12.1 Å². The number of nitrogens with one attached hydrogen (secondary N) is 2. The van der Waals surface area contributed by atoms with E-state index in [4.69, 9.17) is 14.9 Å². The molecule has 0 bridgehead atoms. The standard InChI is InChI=1S/C21H21N3O3/c1-12-4-5-13-7-18(23-17(13)6-12)20-19(25)11-24(21(20)22)14-8-15(26-2)10-16(9-14)27-3/h4-6,8-10,22-23H,7,11H2,1-3H3. The van der Waals surface area contributed by atoms with Crippen molar-refractivity contribution in [3.05, 3.63) is 58.8 Å². The number of Topliss-reactive ketones (excluding diaryl/α,β-unsaturated/α-hetero) is 1. The lowest BCUT2D eigenvalue weighted by Crippen LogP contribution is -2.24. The maximum absolute atomic E-state index is 12.7. The molecule has 138 valence electrons. The van der Waals surface area contributed by atoms with Crippen molar-refractivity contribution in [1.82, 2.24) is 0 Å². The molecular formula is C21H21N3O3. The van der Waals surface area contributed by atoms with Crippen LogP contribution in [0.5, 0.6) is 11.5 Å². The summed E-state index contributed by atoms with van der Waals surface area (Å²) >= 11 is 0. The summed E-state index contributed by atoms with van der Waals surface area (Å²) in [5.74, 6) is 1.37. The van der Waals surface area contributed by atoms with E-state index in [1.807, 2.05) is 6.92 Å². The van der Waals surface area contributed by atoms with Gasteiger partial charge in [0.25, 0.3) is 0 Å². The summed E-state index contributed by atoms with van der Waals surface area (Å²) < 4.78 is 10.6. The van der Waals surface area contributed by atoms with Crippen LogP contribution in [0.4, 0.5) is 11.4 Å². The van der Waals surface area contributed by atoms with E-state index in [2.05, 4.69) is 23.5 Å². The van der Waals surface area contributed by atoms with E-state index in [9.17, 15) is 4.79 Å². The topological polar surface area (TPSA) is 74.7 Å². The number of amidine groups is 1. The fraction of sp³-hybridized carbons (Fsp3) is 0.238. The van der Waals surface area contributed by atoms with E-state index in [0.29, 0.717) is 29.2 Å². The second-order valence-electron chi connectivity index (χ2n) is 6.74. The van der Waals surface area contributed by atoms with E-state index in [0.717, 1.165) is 22.5 Å². The molecule has 4 rings (SSSR count). The Balaban J connectivity index is 1.70. The van der Waals surface area contributed by atoms with Gasteiger partial charge in [-0.05, 0) is 24.1 Å². The zero-order chi connectivity index (χ0) is 19.1. The Morgan fingerprint density at radius 3 is 2.44 bits per heavy atom. The second kappa shape index (κ2) is 6.46. The van der Waals surface area contributed by atoms with Gasteiger partial charge in [0.2, 0.25) is 0 Å². The number of aryl methyl sites for hydroxylation is 1. The lowest BCUT2D eigenvalue weighted by Gasteiger charge is -2.19. The number of allylic oxidation sites excluding steroid dienone is 1. The number of nitrogens with zero attached hydrogens (tertiary/aromatic N) is 1. The van der Waals surface area contributed by atoms with E-state index < -0.39 is 0 Å². The van der Waals surface area contributed by atoms with Gasteiger partial charge in [-0.3, -0.25) is 10.2 Å².